The van der Waals surface area contributed by atoms with Crippen molar-refractivity contribution < 1.29 is 4.79 Å². The van der Waals surface area contributed by atoms with Crippen molar-refractivity contribution in [1.82, 2.24) is 10.3 Å². The molecule has 2 rings (SSSR count). The summed E-state index contributed by atoms with van der Waals surface area (Å²) in [6, 6.07) is 0. The van der Waals surface area contributed by atoms with Crippen LogP contribution in [0, 0.1) is 11.8 Å². The highest BCUT2D eigenvalue weighted by atomic mass is 32.1. The maximum atomic E-state index is 11.9. The molecule has 0 spiro atoms. The molecule has 1 aromatic rings. The van der Waals surface area contributed by atoms with E-state index in [1.54, 1.807) is 0 Å². The van der Waals surface area contributed by atoms with Crippen LogP contribution in [-0.4, -0.2) is 24.0 Å². The molecule has 1 aliphatic rings. The van der Waals surface area contributed by atoms with Gasteiger partial charge in [-0.05, 0) is 25.2 Å². The maximum absolute atomic E-state index is 11.9. The van der Waals surface area contributed by atoms with Gasteiger partial charge in [-0.15, -0.1) is 0 Å². The number of nitrogen functional groups attached to an aromatic ring is 1. The minimum atomic E-state index is -0.108. The predicted octanol–water partition coefficient (Wildman–Crippen LogP) is 1.54. The number of thiazole rings is 1. The Morgan fingerprint density at radius 3 is 2.94 bits per heavy atom. The first kappa shape index (κ1) is 12.2. The Bertz CT molecular complexity index is 418. The number of nitrogens with two attached hydrogens (primary N) is 1. The summed E-state index contributed by atoms with van der Waals surface area (Å²) in [5.74, 6) is 1.59. The summed E-state index contributed by atoms with van der Waals surface area (Å²) in [4.78, 5) is 16.5. The molecule has 5 nitrogen and oxygen atoms in total. The molecule has 1 saturated carbocycles. The zero-order valence-corrected chi connectivity index (χ0v) is 10.9. The van der Waals surface area contributed by atoms with Crippen molar-refractivity contribution in [1.29, 1.82) is 0 Å². The van der Waals surface area contributed by atoms with Gasteiger partial charge in [0.25, 0.3) is 5.91 Å². The number of aromatic nitrogens is 1. The molecule has 0 saturated heterocycles. The van der Waals surface area contributed by atoms with Gasteiger partial charge in [-0.1, -0.05) is 18.3 Å². The van der Waals surface area contributed by atoms with Gasteiger partial charge in [-0.2, -0.15) is 0 Å². The quantitative estimate of drug-likeness (QED) is 0.744. The molecule has 0 bridgehead atoms. The van der Waals surface area contributed by atoms with Gasteiger partial charge in [0.2, 0.25) is 0 Å². The Balaban J connectivity index is 1.93. The number of nitrogens with zero attached hydrogens (tertiary/aromatic N) is 1. The molecule has 4 N–H and O–H groups in total. The van der Waals surface area contributed by atoms with Crippen LogP contribution in [0.15, 0.2) is 0 Å². The Morgan fingerprint density at radius 2 is 2.35 bits per heavy atom. The van der Waals surface area contributed by atoms with Crippen LogP contribution in [0.3, 0.4) is 0 Å². The van der Waals surface area contributed by atoms with Crippen molar-refractivity contribution in [2.45, 2.75) is 20.3 Å². The van der Waals surface area contributed by atoms with Crippen LogP contribution in [0.2, 0.25) is 0 Å². The topological polar surface area (TPSA) is 80.0 Å². The smallest absolute Gasteiger partial charge is 0.265 e. The van der Waals surface area contributed by atoms with E-state index < -0.39 is 0 Å². The molecule has 0 aliphatic heterocycles. The lowest BCUT2D eigenvalue weighted by Crippen LogP contribution is -2.25. The third-order valence-electron chi connectivity index (χ3n) is 2.99. The van der Waals surface area contributed by atoms with E-state index in [0.717, 1.165) is 19.0 Å². The number of nitrogens with one attached hydrogen (secondary N) is 2. The third-order valence-corrected chi connectivity index (χ3v) is 4.02. The van der Waals surface area contributed by atoms with Crippen molar-refractivity contribution in [2.24, 2.45) is 11.8 Å². The summed E-state index contributed by atoms with van der Waals surface area (Å²) in [5.41, 5.74) is 5.72. The van der Waals surface area contributed by atoms with E-state index in [4.69, 9.17) is 5.73 Å². The SMILES string of the molecule is CCNc1nc(N)c(C(=O)NCC2CC2C)s1. The first-order valence-electron chi connectivity index (χ1n) is 5.90. The lowest BCUT2D eigenvalue weighted by molar-refractivity contribution is 0.0956. The average Bonchev–Trinajstić information content (AvgIpc) is 2.86. The van der Waals surface area contributed by atoms with Crippen LogP contribution in [0.1, 0.15) is 29.9 Å². The van der Waals surface area contributed by atoms with Crippen LogP contribution in [-0.2, 0) is 0 Å². The number of carbonyl (C=O) groups excluding carboxylic acids is 1. The van der Waals surface area contributed by atoms with Crippen LogP contribution in [0.4, 0.5) is 10.9 Å². The van der Waals surface area contributed by atoms with E-state index >= 15 is 0 Å². The first-order chi connectivity index (χ1) is 8.11. The maximum Gasteiger partial charge on any atom is 0.265 e. The fourth-order valence-corrected chi connectivity index (χ4v) is 2.58. The summed E-state index contributed by atoms with van der Waals surface area (Å²) in [5, 5.41) is 6.67. The van der Waals surface area contributed by atoms with Crippen LogP contribution in [0.25, 0.3) is 0 Å². The molecule has 0 aromatic carbocycles. The molecule has 1 aliphatic carbocycles. The highest BCUT2D eigenvalue weighted by molar-refractivity contribution is 7.18. The van der Waals surface area contributed by atoms with Crippen molar-refractivity contribution in [3.63, 3.8) is 0 Å². The van der Waals surface area contributed by atoms with E-state index in [2.05, 4.69) is 22.5 Å². The van der Waals surface area contributed by atoms with Crippen molar-refractivity contribution >= 4 is 28.2 Å². The first-order valence-corrected chi connectivity index (χ1v) is 6.71. The van der Waals surface area contributed by atoms with E-state index in [-0.39, 0.29) is 5.91 Å². The molecule has 94 valence electrons. The second-order valence-electron chi connectivity index (χ2n) is 4.45. The lowest BCUT2D eigenvalue weighted by Gasteiger charge is -2.01. The molecule has 1 heterocycles. The van der Waals surface area contributed by atoms with E-state index in [1.807, 2.05) is 6.92 Å². The van der Waals surface area contributed by atoms with Crippen LogP contribution < -0.4 is 16.4 Å². The zero-order valence-electron chi connectivity index (χ0n) is 10.1. The summed E-state index contributed by atoms with van der Waals surface area (Å²) < 4.78 is 0. The van der Waals surface area contributed by atoms with Gasteiger partial charge in [-0.25, -0.2) is 4.98 Å². The standard InChI is InChI=1S/C11H18N4OS/c1-3-13-11-15-9(12)8(17-11)10(16)14-5-7-4-6(7)2/h6-7H,3-5,12H2,1-2H3,(H,13,15)(H,14,16). The minimum Gasteiger partial charge on any atom is -0.382 e. The number of carbonyl (C=O) groups is 1. The van der Waals surface area contributed by atoms with Gasteiger partial charge >= 0.3 is 0 Å². The van der Waals surface area contributed by atoms with Gasteiger partial charge in [0, 0.05) is 13.1 Å². The van der Waals surface area contributed by atoms with Gasteiger partial charge < -0.3 is 16.4 Å². The second-order valence-corrected chi connectivity index (χ2v) is 5.45. The Kier molecular flexibility index (Phi) is 3.51. The fourth-order valence-electron chi connectivity index (χ4n) is 1.71. The molecule has 2 unspecified atom stereocenters. The molecule has 17 heavy (non-hydrogen) atoms. The molecule has 6 heteroatoms. The number of hydrogen-bond donors (Lipinski definition) is 3. The van der Waals surface area contributed by atoms with Gasteiger partial charge in [0.15, 0.2) is 5.13 Å². The number of anilines is 2. The van der Waals surface area contributed by atoms with E-state index in [1.165, 1.54) is 17.8 Å². The summed E-state index contributed by atoms with van der Waals surface area (Å²) in [6.45, 7) is 5.69. The van der Waals surface area contributed by atoms with Gasteiger partial charge in [-0.3, -0.25) is 4.79 Å². The third kappa shape index (κ3) is 2.88. The van der Waals surface area contributed by atoms with Crippen molar-refractivity contribution in [2.75, 3.05) is 24.1 Å². The van der Waals surface area contributed by atoms with Gasteiger partial charge in [0.05, 0.1) is 0 Å². The largest absolute Gasteiger partial charge is 0.382 e. The Hall–Kier alpha value is -1.30. The minimum absolute atomic E-state index is 0.108. The van der Waals surface area contributed by atoms with Crippen LogP contribution >= 0.6 is 11.3 Å². The molecule has 0 radical (unpaired) electrons. The van der Waals surface area contributed by atoms with Crippen molar-refractivity contribution in [3.8, 4) is 0 Å². The van der Waals surface area contributed by atoms with Crippen molar-refractivity contribution in [3.05, 3.63) is 4.88 Å². The predicted molar refractivity (Wildman–Crippen MR) is 70.3 cm³/mol. The Morgan fingerprint density at radius 1 is 1.65 bits per heavy atom. The molecule has 1 fully saturated rings. The summed E-state index contributed by atoms with van der Waals surface area (Å²) in [7, 11) is 0. The number of rotatable bonds is 5. The number of amides is 1. The molecular weight excluding hydrogens is 236 g/mol. The van der Waals surface area contributed by atoms with E-state index in [0.29, 0.717) is 21.7 Å². The molecular formula is C11H18N4OS. The Labute approximate surface area is 105 Å². The van der Waals surface area contributed by atoms with Gasteiger partial charge in [0.1, 0.15) is 10.7 Å². The summed E-state index contributed by atoms with van der Waals surface area (Å²) >= 11 is 1.31. The second kappa shape index (κ2) is 4.91. The normalized spacial score (nSPS) is 22.2. The monoisotopic (exact) mass is 254 g/mol. The summed E-state index contributed by atoms with van der Waals surface area (Å²) in [6.07, 6.45) is 1.21. The van der Waals surface area contributed by atoms with E-state index in [9.17, 15) is 4.79 Å². The van der Waals surface area contributed by atoms with Crippen LogP contribution in [0.5, 0.6) is 0 Å². The number of hydrogen-bond acceptors (Lipinski definition) is 5. The molecule has 2 atom stereocenters. The molecule has 1 aromatic heterocycles. The lowest BCUT2D eigenvalue weighted by atomic mass is 10.3. The zero-order chi connectivity index (χ0) is 12.4. The highest BCUT2D eigenvalue weighted by Gasteiger charge is 2.32. The average molecular weight is 254 g/mol. The fraction of sp³-hybridized carbons (Fsp3) is 0.636. The highest BCUT2D eigenvalue weighted by Crippen LogP contribution is 2.37. The molecule has 1 amide bonds.